The molecule has 3 unspecified atom stereocenters. The zero-order valence-corrected chi connectivity index (χ0v) is 16.4. The fraction of sp³-hybridized carbons (Fsp3) is 0.538. The molecule has 3 atom stereocenters. The number of carbonyl (C=O) groups excluding carboxylic acids is 3. The van der Waals surface area contributed by atoms with Crippen LogP contribution in [0, 0.1) is 0 Å². The van der Waals surface area contributed by atoms with Gasteiger partial charge in [-0.25, -0.2) is 9.59 Å². The van der Waals surface area contributed by atoms with Crippen molar-refractivity contribution in [1.82, 2.24) is 10.2 Å². The second-order valence-electron chi connectivity index (χ2n) is 5.18. The predicted octanol–water partition coefficient (Wildman–Crippen LogP) is -0.500. The Hall–Kier alpha value is -2.45. The van der Waals surface area contributed by atoms with Gasteiger partial charge in [0.15, 0.2) is 6.10 Å². The zero-order valence-electron chi connectivity index (χ0n) is 14.8. The Labute approximate surface area is 158 Å². The number of hydrogen-bond acceptors (Lipinski definition) is 11. The maximum Gasteiger partial charge on any atom is 0.347 e. The Morgan fingerprint density at radius 2 is 1.81 bits per heavy atom. The molecule has 0 radical (unpaired) electrons. The highest BCUT2D eigenvalue weighted by molar-refractivity contribution is 7.92. The molecule has 0 aliphatic carbocycles. The lowest BCUT2D eigenvalue weighted by atomic mass is 10.3. The van der Waals surface area contributed by atoms with Crippen LogP contribution in [-0.4, -0.2) is 66.1 Å². The number of esters is 2. The first-order chi connectivity index (χ1) is 12.4. The first kappa shape index (κ1) is 22.6. The van der Waals surface area contributed by atoms with Crippen molar-refractivity contribution in [3.63, 3.8) is 0 Å². The highest BCUT2D eigenvalue weighted by Gasteiger charge is 2.24. The predicted molar refractivity (Wildman–Crippen MR) is 92.7 cm³/mol. The van der Waals surface area contributed by atoms with Crippen molar-refractivity contribution >= 4 is 50.6 Å². The first-order valence-corrected chi connectivity index (χ1v) is 9.68. The average molecular weight is 422 g/mol. The molecule has 27 heavy (non-hydrogen) atoms. The molecule has 0 spiro atoms. The third-order valence-electron chi connectivity index (χ3n) is 2.59. The van der Waals surface area contributed by atoms with Crippen LogP contribution < -0.4 is 5.32 Å². The molecule has 0 fully saturated rings. The van der Waals surface area contributed by atoms with Gasteiger partial charge in [0.1, 0.15) is 12.2 Å². The van der Waals surface area contributed by atoms with E-state index in [2.05, 4.69) is 24.6 Å². The van der Waals surface area contributed by atoms with Crippen LogP contribution in [-0.2, 0) is 33.9 Å². The molecule has 1 amide bonds. The number of aliphatic hydroxyl groups is 1. The molecule has 1 heterocycles. The number of sulfonamides is 1. The lowest BCUT2D eigenvalue weighted by Crippen LogP contribution is -2.32. The molecule has 0 aromatic carbocycles. The number of ether oxygens (including phenoxy) is 2. The minimum absolute atomic E-state index is 0.00972. The van der Waals surface area contributed by atoms with Gasteiger partial charge in [0.2, 0.25) is 11.0 Å². The lowest BCUT2D eigenvalue weighted by Gasteiger charge is -2.15. The van der Waals surface area contributed by atoms with Gasteiger partial charge in [0.25, 0.3) is 4.34 Å². The summed E-state index contributed by atoms with van der Waals surface area (Å²) in [6, 6.07) is 0. The van der Waals surface area contributed by atoms with E-state index in [4.69, 9.17) is 9.84 Å². The second-order valence-corrected chi connectivity index (χ2v) is 7.96. The Morgan fingerprint density at radius 3 is 2.37 bits per heavy atom. The number of carbonyl (C=O) groups is 3. The van der Waals surface area contributed by atoms with Gasteiger partial charge in [0, 0.05) is 6.92 Å². The summed E-state index contributed by atoms with van der Waals surface area (Å²) in [6.45, 7) is 4.96. The van der Waals surface area contributed by atoms with E-state index >= 15 is 0 Å². The van der Waals surface area contributed by atoms with Gasteiger partial charge >= 0.3 is 22.0 Å². The van der Waals surface area contributed by atoms with Crippen LogP contribution in [0.3, 0.4) is 0 Å². The largest absolute Gasteiger partial charge is 0.454 e. The van der Waals surface area contributed by atoms with E-state index < -0.39 is 50.5 Å². The molecule has 0 aliphatic heterocycles. The molecule has 1 aromatic heterocycles. The van der Waals surface area contributed by atoms with Gasteiger partial charge in [-0.2, -0.15) is 12.8 Å². The number of hydrogen-bond donors (Lipinski definition) is 2. The normalized spacial score (nSPS) is 15.0. The van der Waals surface area contributed by atoms with Crippen LogP contribution >= 0.6 is 11.3 Å². The monoisotopic (exact) mass is 422 g/mol. The molecule has 150 valence electrons. The standard InChI is InChI=1S/C13H18N4O8S2/c1-6(24-11(21)8(3)25-10(20)7(2)18)5-14-27(22,23)13-17-16-12(26-13)15-9(4)19/h5-8,18H,1-4H3,(H,15,16,19)/b14-5+. The SMILES string of the molecule is CC(=O)Nc1nnc(S(=O)(=O)/N=C/C(C)OC(=O)C(C)OC(=O)C(C)O)s1. The van der Waals surface area contributed by atoms with E-state index in [0.717, 1.165) is 6.21 Å². The Bertz CT molecular complexity index is 833. The fourth-order valence-electron chi connectivity index (χ4n) is 1.36. The van der Waals surface area contributed by atoms with Crippen molar-refractivity contribution in [2.45, 2.75) is 50.3 Å². The average Bonchev–Trinajstić information content (AvgIpc) is 3.01. The second kappa shape index (κ2) is 9.48. The summed E-state index contributed by atoms with van der Waals surface area (Å²) in [5, 5.41) is 18.2. The van der Waals surface area contributed by atoms with Gasteiger partial charge in [-0.05, 0) is 20.8 Å². The van der Waals surface area contributed by atoms with Gasteiger partial charge in [0.05, 0.1) is 6.21 Å². The summed E-state index contributed by atoms with van der Waals surface area (Å²) in [5.74, 6) is -2.40. The van der Waals surface area contributed by atoms with E-state index in [1.165, 1.54) is 27.7 Å². The van der Waals surface area contributed by atoms with Crippen LogP contribution in [0.4, 0.5) is 5.13 Å². The van der Waals surface area contributed by atoms with Crippen molar-refractivity contribution in [2.75, 3.05) is 5.32 Å². The molecule has 0 aliphatic rings. The highest BCUT2D eigenvalue weighted by atomic mass is 32.2. The number of aliphatic hydroxyl groups excluding tert-OH is 1. The van der Waals surface area contributed by atoms with E-state index in [1.54, 1.807) is 0 Å². The molecule has 1 rings (SSSR count). The van der Waals surface area contributed by atoms with Crippen LogP contribution in [0.1, 0.15) is 27.7 Å². The number of anilines is 1. The molecule has 1 aromatic rings. The number of aromatic nitrogens is 2. The van der Waals surface area contributed by atoms with Crippen molar-refractivity contribution in [2.24, 2.45) is 4.40 Å². The molecular formula is C13H18N4O8S2. The Balaban J connectivity index is 2.69. The number of nitrogens with one attached hydrogen (secondary N) is 1. The molecule has 0 bridgehead atoms. The Morgan fingerprint density at radius 1 is 1.19 bits per heavy atom. The summed E-state index contributed by atoms with van der Waals surface area (Å²) in [4.78, 5) is 33.9. The van der Waals surface area contributed by atoms with Gasteiger partial charge in [-0.1, -0.05) is 11.3 Å². The first-order valence-electron chi connectivity index (χ1n) is 7.43. The summed E-state index contributed by atoms with van der Waals surface area (Å²) in [5.41, 5.74) is 0. The fourth-order valence-corrected chi connectivity index (χ4v) is 3.23. The van der Waals surface area contributed by atoms with E-state index in [1.807, 2.05) is 0 Å². The third-order valence-corrected chi connectivity index (χ3v) is 5.03. The van der Waals surface area contributed by atoms with Crippen molar-refractivity contribution < 1.29 is 37.4 Å². The summed E-state index contributed by atoms with van der Waals surface area (Å²) in [6.07, 6.45) is -2.93. The number of nitrogens with zero attached hydrogens (tertiary/aromatic N) is 3. The van der Waals surface area contributed by atoms with Gasteiger partial charge < -0.3 is 19.9 Å². The summed E-state index contributed by atoms with van der Waals surface area (Å²) in [7, 11) is -4.20. The van der Waals surface area contributed by atoms with E-state index in [0.29, 0.717) is 11.3 Å². The topological polar surface area (TPSA) is 174 Å². The molecule has 14 heteroatoms. The smallest absolute Gasteiger partial charge is 0.347 e. The number of amides is 1. The summed E-state index contributed by atoms with van der Waals surface area (Å²) >= 11 is 0.603. The number of rotatable bonds is 8. The van der Waals surface area contributed by atoms with Crippen LogP contribution in [0.5, 0.6) is 0 Å². The van der Waals surface area contributed by atoms with Gasteiger partial charge in [-0.15, -0.1) is 10.2 Å². The Kier molecular flexibility index (Phi) is 7.93. The van der Waals surface area contributed by atoms with Crippen molar-refractivity contribution in [3.05, 3.63) is 0 Å². The lowest BCUT2D eigenvalue weighted by molar-refractivity contribution is -0.172. The van der Waals surface area contributed by atoms with Gasteiger partial charge in [-0.3, -0.25) is 4.79 Å². The molecule has 2 N–H and O–H groups in total. The molecule has 0 saturated heterocycles. The highest BCUT2D eigenvalue weighted by Crippen LogP contribution is 2.21. The third kappa shape index (κ3) is 7.36. The molecule has 0 saturated carbocycles. The van der Waals surface area contributed by atoms with Crippen LogP contribution in [0.2, 0.25) is 0 Å². The quantitative estimate of drug-likeness (QED) is 0.316. The summed E-state index contributed by atoms with van der Waals surface area (Å²) < 4.78 is 36.5. The minimum Gasteiger partial charge on any atom is -0.454 e. The zero-order chi connectivity index (χ0) is 20.8. The van der Waals surface area contributed by atoms with Crippen molar-refractivity contribution in [3.8, 4) is 0 Å². The minimum atomic E-state index is -4.20. The van der Waals surface area contributed by atoms with Crippen LogP contribution in [0.15, 0.2) is 8.74 Å². The maximum atomic E-state index is 12.0. The molecule has 12 nitrogen and oxygen atoms in total. The van der Waals surface area contributed by atoms with Crippen LogP contribution in [0.25, 0.3) is 0 Å². The maximum absolute atomic E-state index is 12.0. The van der Waals surface area contributed by atoms with Crippen molar-refractivity contribution in [1.29, 1.82) is 0 Å². The van der Waals surface area contributed by atoms with E-state index in [9.17, 15) is 22.8 Å². The van der Waals surface area contributed by atoms with E-state index in [-0.39, 0.29) is 5.13 Å². The molecular weight excluding hydrogens is 404 g/mol.